The van der Waals surface area contributed by atoms with Crippen molar-refractivity contribution in [3.8, 4) is 28.7 Å². The molecule has 5 heterocycles. The molecule has 0 bridgehead atoms. The molecule has 288 valence electrons. The fourth-order valence-electron chi connectivity index (χ4n) is 7.75. The predicted octanol–water partition coefficient (Wildman–Crippen LogP) is 3.46. The minimum absolute atomic E-state index is 0.215. The Morgan fingerprint density at radius 2 is 1.73 bits per heavy atom. The Labute approximate surface area is 314 Å². The largest absolute Gasteiger partial charge is 0.493 e. The van der Waals surface area contributed by atoms with Gasteiger partial charge in [0, 0.05) is 54.1 Å². The number of hydrogen-bond donors (Lipinski definition) is 5. The summed E-state index contributed by atoms with van der Waals surface area (Å²) in [7, 11) is 3.14. The average molecular weight is 757 g/mol. The maximum Gasteiger partial charge on any atom is 0.317 e. The molecule has 5 aromatic rings. The fraction of sp³-hybridized carbons (Fsp3) is 0.350. The van der Waals surface area contributed by atoms with Gasteiger partial charge in [0.2, 0.25) is 12.0 Å². The highest BCUT2D eigenvalue weighted by atomic mass is 16.7. The molecule has 3 aliphatic rings. The first kappa shape index (κ1) is 36.2. The zero-order valence-electron chi connectivity index (χ0n) is 29.9. The van der Waals surface area contributed by atoms with Crippen molar-refractivity contribution in [3.05, 3.63) is 102 Å². The Morgan fingerprint density at radius 1 is 0.909 bits per heavy atom. The number of esters is 1. The number of methoxy groups -OCH3 is 2. The number of aromatic amines is 1. The Hall–Kier alpha value is -5.74. The number of nitrogens with zero attached hydrogens (tertiary/aromatic N) is 1. The summed E-state index contributed by atoms with van der Waals surface area (Å²) in [4.78, 5) is 26.1. The highest BCUT2D eigenvalue weighted by Crippen LogP contribution is 2.59. The van der Waals surface area contributed by atoms with Gasteiger partial charge in [-0.3, -0.25) is 9.59 Å². The standard InChI is InChI=1S/C40H40N2O13/c1-49-26-9-8-24-33-27(12-20-6-4-3-5-7-20)53-28-14-23(52-40-36(48)35(47)34(46)29(54-40)19-51-31(45)15-30(43)44)13-22(17-42-16-21-10-11-41-25(21)18-42)32(28)39(33)55-37(24)38(26)50-2/h3-11,13-14,16,18,27,29,33-36,39-41,46-48H,12,15,17,19H2,1-2H3,(H,43,44). The van der Waals surface area contributed by atoms with Gasteiger partial charge in [-0.05, 0) is 29.3 Å². The molecular weight excluding hydrogens is 716 g/mol. The molecule has 0 amide bonds. The molecule has 0 aliphatic carbocycles. The number of aliphatic carboxylic acids is 1. The van der Waals surface area contributed by atoms with Crippen LogP contribution in [0.4, 0.5) is 0 Å². The zero-order chi connectivity index (χ0) is 38.4. The van der Waals surface area contributed by atoms with Crippen molar-refractivity contribution in [3.63, 3.8) is 0 Å². The molecule has 15 heteroatoms. The highest BCUT2D eigenvalue weighted by Gasteiger charge is 2.50. The minimum atomic E-state index is -1.74. The number of fused-ring (bicyclic) bond motifs is 6. The third kappa shape index (κ3) is 6.91. The van der Waals surface area contributed by atoms with Crippen LogP contribution in [0.15, 0.2) is 79.3 Å². The van der Waals surface area contributed by atoms with Gasteiger partial charge in [0.1, 0.15) is 61.2 Å². The van der Waals surface area contributed by atoms with E-state index in [1.807, 2.05) is 71.7 Å². The minimum Gasteiger partial charge on any atom is -0.493 e. The van der Waals surface area contributed by atoms with E-state index in [0.29, 0.717) is 36.0 Å². The van der Waals surface area contributed by atoms with E-state index in [2.05, 4.69) is 4.98 Å². The van der Waals surface area contributed by atoms with Crippen LogP contribution in [0.1, 0.15) is 40.7 Å². The SMILES string of the molecule is COc1ccc2c(c1OC)OC1c3c(Cn4cc5cc[nH]c5c4)cc(OC4OC(COC(=O)CC(=O)O)C(O)C(O)C4O)cc3OC(Cc3ccccc3)C21. The van der Waals surface area contributed by atoms with E-state index in [0.717, 1.165) is 33.2 Å². The number of carboxylic acid groups (broad SMARTS) is 1. The van der Waals surface area contributed by atoms with Crippen molar-refractivity contribution >= 4 is 22.8 Å². The van der Waals surface area contributed by atoms with Crippen LogP contribution in [0.2, 0.25) is 0 Å². The Kier molecular flexibility index (Phi) is 9.77. The summed E-state index contributed by atoms with van der Waals surface area (Å²) in [5.74, 6) is -0.454. The van der Waals surface area contributed by atoms with E-state index in [1.54, 1.807) is 26.4 Å². The molecular formula is C40H40N2O13. The summed E-state index contributed by atoms with van der Waals surface area (Å²) in [5, 5.41) is 42.3. The van der Waals surface area contributed by atoms with Crippen LogP contribution < -0.4 is 23.7 Å². The molecule has 0 saturated carbocycles. The zero-order valence-corrected chi connectivity index (χ0v) is 29.9. The first-order valence-electron chi connectivity index (χ1n) is 17.8. The molecule has 1 saturated heterocycles. The van der Waals surface area contributed by atoms with Crippen molar-refractivity contribution in [2.45, 2.75) is 68.2 Å². The number of nitrogens with one attached hydrogen (secondary N) is 1. The first-order chi connectivity index (χ1) is 26.6. The topological polar surface area (TPSA) is 200 Å². The number of aliphatic hydroxyl groups excluding tert-OH is 3. The van der Waals surface area contributed by atoms with E-state index in [-0.39, 0.29) is 11.7 Å². The smallest absolute Gasteiger partial charge is 0.317 e. The first-order valence-corrected chi connectivity index (χ1v) is 17.8. The number of carbonyl (C=O) groups excluding carboxylic acids is 1. The Bertz CT molecular complexity index is 2170. The Morgan fingerprint density at radius 3 is 2.47 bits per heavy atom. The van der Waals surface area contributed by atoms with E-state index in [1.165, 1.54) is 0 Å². The number of carboxylic acids is 1. The lowest BCUT2D eigenvalue weighted by Crippen LogP contribution is -2.60. The van der Waals surface area contributed by atoms with Gasteiger partial charge in [-0.15, -0.1) is 0 Å². The molecule has 0 radical (unpaired) electrons. The maximum absolute atomic E-state index is 11.9. The quantitative estimate of drug-likeness (QED) is 0.0917. The third-order valence-corrected chi connectivity index (χ3v) is 10.3. The monoisotopic (exact) mass is 756 g/mol. The van der Waals surface area contributed by atoms with Gasteiger partial charge in [-0.1, -0.05) is 36.4 Å². The van der Waals surface area contributed by atoms with Crippen LogP contribution in [0.5, 0.6) is 28.7 Å². The number of aliphatic hydroxyl groups is 3. The molecule has 3 aliphatic heterocycles. The van der Waals surface area contributed by atoms with Crippen molar-refractivity contribution in [1.29, 1.82) is 0 Å². The van der Waals surface area contributed by atoms with Crippen molar-refractivity contribution in [2.75, 3.05) is 20.8 Å². The number of H-pyrrole nitrogens is 1. The van der Waals surface area contributed by atoms with E-state index in [9.17, 15) is 24.9 Å². The molecule has 3 aromatic carbocycles. The van der Waals surface area contributed by atoms with Crippen molar-refractivity contribution in [1.82, 2.24) is 9.55 Å². The molecule has 2 aromatic heterocycles. The van der Waals surface area contributed by atoms with Crippen LogP contribution in [-0.4, -0.2) is 99.6 Å². The summed E-state index contributed by atoms with van der Waals surface area (Å²) in [6, 6.07) is 19.2. The van der Waals surface area contributed by atoms with Gasteiger partial charge in [0.15, 0.2) is 11.5 Å². The summed E-state index contributed by atoms with van der Waals surface area (Å²) in [6.45, 7) is -0.234. The maximum atomic E-state index is 11.9. The van der Waals surface area contributed by atoms with Gasteiger partial charge < -0.3 is 63.1 Å². The van der Waals surface area contributed by atoms with Crippen LogP contribution >= 0.6 is 0 Å². The Balaban J connectivity index is 1.18. The number of benzene rings is 3. The lowest BCUT2D eigenvalue weighted by Gasteiger charge is -2.40. The van der Waals surface area contributed by atoms with Gasteiger partial charge in [0.25, 0.3) is 0 Å². The van der Waals surface area contributed by atoms with E-state index in [4.69, 9.17) is 38.3 Å². The van der Waals surface area contributed by atoms with Gasteiger partial charge in [-0.25, -0.2) is 0 Å². The van der Waals surface area contributed by atoms with Crippen LogP contribution in [0.3, 0.4) is 0 Å². The summed E-state index contributed by atoms with van der Waals surface area (Å²) >= 11 is 0. The molecule has 55 heavy (non-hydrogen) atoms. The number of ether oxygens (including phenoxy) is 7. The molecule has 15 nitrogen and oxygen atoms in total. The second kappa shape index (κ2) is 14.8. The predicted molar refractivity (Wildman–Crippen MR) is 193 cm³/mol. The normalized spacial score (nSPS) is 25.2. The number of carbonyl (C=O) groups is 2. The summed E-state index contributed by atoms with van der Waals surface area (Å²) in [6.07, 6.45) is -3.43. The van der Waals surface area contributed by atoms with Crippen LogP contribution in [0.25, 0.3) is 10.9 Å². The molecule has 8 unspecified atom stereocenters. The lowest BCUT2D eigenvalue weighted by molar-refractivity contribution is -0.278. The van der Waals surface area contributed by atoms with Crippen molar-refractivity contribution < 1.29 is 63.2 Å². The molecule has 0 spiro atoms. The summed E-state index contributed by atoms with van der Waals surface area (Å²) in [5.41, 5.74) is 4.46. The number of rotatable bonds is 12. The third-order valence-electron chi connectivity index (χ3n) is 10.3. The molecule has 5 N–H and O–H groups in total. The van der Waals surface area contributed by atoms with Crippen molar-refractivity contribution in [2.24, 2.45) is 0 Å². The second-order valence-electron chi connectivity index (χ2n) is 13.8. The number of hydrogen-bond acceptors (Lipinski definition) is 12. The van der Waals surface area contributed by atoms with Crippen LogP contribution in [0, 0.1) is 0 Å². The van der Waals surface area contributed by atoms with Gasteiger partial charge >= 0.3 is 11.9 Å². The number of aromatic nitrogens is 2. The average Bonchev–Trinajstić information content (AvgIpc) is 3.88. The highest BCUT2D eigenvalue weighted by molar-refractivity contribution is 5.90. The van der Waals surface area contributed by atoms with Gasteiger partial charge in [-0.2, -0.15) is 0 Å². The van der Waals surface area contributed by atoms with Crippen LogP contribution in [-0.2, 0) is 32.0 Å². The van der Waals surface area contributed by atoms with E-state index >= 15 is 0 Å². The lowest BCUT2D eigenvalue weighted by atomic mass is 9.80. The molecule has 8 atom stereocenters. The second-order valence-corrected chi connectivity index (χ2v) is 13.8. The fourth-order valence-corrected chi connectivity index (χ4v) is 7.75. The van der Waals surface area contributed by atoms with E-state index < -0.39 is 67.9 Å². The molecule has 1 fully saturated rings. The summed E-state index contributed by atoms with van der Waals surface area (Å²) < 4.78 is 44.3. The van der Waals surface area contributed by atoms with Gasteiger partial charge in [0.05, 0.1) is 25.7 Å². The molecule has 8 rings (SSSR count).